The first-order valence-electron chi connectivity index (χ1n) is 4.97. The van der Waals surface area contributed by atoms with Crippen molar-refractivity contribution in [2.45, 2.75) is 31.6 Å². The minimum atomic E-state index is -2.57. The molecule has 1 fully saturated rings. The Hall–Kier alpha value is -1.26. The quantitative estimate of drug-likeness (QED) is 0.785. The van der Waals surface area contributed by atoms with E-state index in [-0.39, 0.29) is 31.0 Å². The number of ketones is 1. The molecule has 5 heteroatoms. The van der Waals surface area contributed by atoms with Gasteiger partial charge in [0.2, 0.25) is 5.92 Å². The molecule has 3 nitrogen and oxygen atoms in total. The number of Topliss-reactive ketones (excluding diaryl/α,β-unsaturated/α-hetero) is 1. The van der Waals surface area contributed by atoms with Crippen LogP contribution in [0.25, 0.3) is 0 Å². The number of hydrogen-bond donors (Lipinski definition) is 1. The fraction of sp³-hybridized carbons (Fsp3) is 0.600. The Bertz CT molecular complexity index is 348. The first-order valence-corrected chi connectivity index (χ1v) is 4.97. The number of aromatic amines is 1. The van der Waals surface area contributed by atoms with E-state index in [2.05, 4.69) is 10.2 Å². The SMILES string of the molecule is O=C(CC1CCC(F)(F)C1)c1cn[nH]c1. The minimum Gasteiger partial charge on any atom is -0.294 e. The topological polar surface area (TPSA) is 45.8 Å². The van der Waals surface area contributed by atoms with E-state index in [0.29, 0.717) is 12.0 Å². The summed E-state index contributed by atoms with van der Waals surface area (Å²) in [5, 5.41) is 6.19. The molecule has 1 N–H and O–H groups in total. The number of carbonyl (C=O) groups is 1. The van der Waals surface area contributed by atoms with Gasteiger partial charge in [-0.15, -0.1) is 0 Å². The average Bonchev–Trinajstić information content (AvgIpc) is 2.74. The monoisotopic (exact) mass is 214 g/mol. The Morgan fingerprint density at radius 3 is 3.00 bits per heavy atom. The van der Waals surface area contributed by atoms with Crippen molar-refractivity contribution in [1.82, 2.24) is 10.2 Å². The number of carbonyl (C=O) groups excluding carboxylic acids is 1. The second-order valence-electron chi connectivity index (χ2n) is 4.08. The van der Waals surface area contributed by atoms with Gasteiger partial charge >= 0.3 is 0 Å². The first kappa shape index (κ1) is 10.3. The molecule has 0 radical (unpaired) electrons. The van der Waals surface area contributed by atoms with Crippen molar-refractivity contribution >= 4 is 5.78 Å². The van der Waals surface area contributed by atoms with Crippen LogP contribution in [0.15, 0.2) is 12.4 Å². The predicted octanol–water partition coefficient (Wildman–Crippen LogP) is 2.42. The maximum Gasteiger partial charge on any atom is 0.248 e. The molecule has 1 aliphatic carbocycles. The molecule has 2 rings (SSSR count). The maximum atomic E-state index is 12.9. The van der Waals surface area contributed by atoms with Crippen LogP contribution in [0.5, 0.6) is 0 Å². The number of nitrogens with one attached hydrogen (secondary N) is 1. The highest BCUT2D eigenvalue weighted by molar-refractivity contribution is 5.95. The van der Waals surface area contributed by atoms with Gasteiger partial charge in [-0.25, -0.2) is 8.78 Å². The molecular weight excluding hydrogens is 202 g/mol. The first-order chi connectivity index (χ1) is 7.07. The summed E-state index contributed by atoms with van der Waals surface area (Å²) >= 11 is 0. The zero-order valence-corrected chi connectivity index (χ0v) is 8.17. The van der Waals surface area contributed by atoms with Gasteiger partial charge in [0.1, 0.15) is 0 Å². The Balaban J connectivity index is 1.91. The summed E-state index contributed by atoms with van der Waals surface area (Å²) in [5.74, 6) is -2.85. The van der Waals surface area contributed by atoms with Crippen LogP contribution in [0.4, 0.5) is 8.78 Å². The summed E-state index contributed by atoms with van der Waals surface area (Å²) in [6, 6.07) is 0. The van der Waals surface area contributed by atoms with Crippen LogP contribution < -0.4 is 0 Å². The lowest BCUT2D eigenvalue weighted by atomic mass is 9.98. The van der Waals surface area contributed by atoms with Crippen molar-refractivity contribution in [3.63, 3.8) is 0 Å². The summed E-state index contributed by atoms with van der Waals surface area (Å²) < 4.78 is 25.7. The summed E-state index contributed by atoms with van der Waals surface area (Å²) in [6.45, 7) is 0. The normalized spacial score (nSPS) is 24.3. The van der Waals surface area contributed by atoms with Crippen LogP contribution in [0.3, 0.4) is 0 Å². The number of hydrogen-bond acceptors (Lipinski definition) is 2. The van der Waals surface area contributed by atoms with E-state index in [1.165, 1.54) is 12.4 Å². The third-order valence-corrected chi connectivity index (χ3v) is 2.80. The highest BCUT2D eigenvalue weighted by Crippen LogP contribution is 2.40. The number of rotatable bonds is 3. The zero-order valence-electron chi connectivity index (χ0n) is 8.17. The van der Waals surface area contributed by atoms with E-state index in [4.69, 9.17) is 0 Å². The van der Waals surface area contributed by atoms with Gasteiger partial charge in [0.15, 0.2) is 5.78 Å². The summed E-state index contributed by atoms with van der Waals surface area (Å²) in [7, 11) is 0. The molecule has 82 valence electrons. The van der Waals surface area contributed by atoms with Crippen LogP contribution in [0.1, 0.15) is 36.0 Å². The van der Waals surface area contributed by atoms with E-state index in [1.54, 1.807) is 0 Å². The summed E-state index contributed by atoms with van der Waals surface area (Å²) in [5.41, 5.74) is 0.477. The molecule has 1 unspecified atom stereocenters. The van der Waals surface area contributed by atoms with E-state index >= 15 is 0 Å². The van der Waals surface area contributed by atoms with Gasteiger partial charge in [-0.3, -0.25) is 9.89 Å². The summed E-state index contributed by atoms with van der Waals surface area (Å²) in [4.78, 5) is 11.6. The van der Waals surface area contributed by atoms with Crippen molar-refractivity contribution in [2.75, 3.05) is 0 Å². The van der Waals surface area contributed by atoms with Gasteiger partial charge in [-0.1, -0.05) is 0 Å². The van der Waals surface area contributed by atoms with Gasteiger partial charge in [0.05, 0.1) is 11.8 Å². The smallest absolute Gasteiger partial charge is 0.248 e. The van der Waals surface area contributed by atoms with Gasteiger partial charge in [-0.05, 0) is 12.3 Å². The standard InChI is InChI=1S/C10H12F2N2O/c11-10(12)2-1-7(4-10)3-9(15)8-5-13-14-6-8/h5-7H,1-4H2,(H,13,14). The Morgan fingerprint density at radius 1 is 1.67 bits per heavy atom. The number of halogens is 2. The number of aromatic nitrogens is 2. The van der Waals surface area contributed by atoms with Crippen LogP contribution in [0, 0.1) is 5.92 Å². The molecule has 0 bridgehead atoms. The van der Waals surface area contributed by atoms with Crippen LogP contribution in [0.2, 0.25) is 0 Å². The van der Waals surface area contributed by atoms with Crippen molar-refractivity contribution in [2.24, 2.45) is 5.92 Å². The molecule has 1 aliphatic rings. The third kappa shape index (κ3) is 2.40. The number of alkyl halides is 2. The third-order valence-electron chi connectivity index (χ3n) is 2.80. The summed E-state index contributed by atoms with van der Waals surface area (Å²) in [6.07, 6.45) is 3.32. The molecular formula is C10H12F2N2O. The molecule has 1 heterocycles. The molecule has 1 saturated carbocycles. The van der Waals surface area contributed by atoms with E-state index in [9.17, 15) is 13.6 Å². The molecule has 0 saturated heterocycles. The molecule has 0 aromatic carbocycles. The van der Waals surface area contributed by atoms with E-state index in [0.717, 1.165) is 0 Å². The molecule has 15 heavy (non-hydrogen) atoms. The lowest BCUT2D eigenvalue weighted by Gasteiger charge is -2.08. The fourth-order valence-electron chi connectivity index (χ4n) is 2.00. The molecule has 1 aromatic rings. The highest BCUT2D eigenvalue weighted by Gasteiger charge is 2.39. The van der Waals surface area contributed by atoms with Gasteiger partial charge in [-0.2, -0.15) is 5.10 Å². The molecule has 0 spiro atoms. The van der Waals surface area contributed by atoms with Crippen LogP contribution in [-0.2, 0) is 0 Å². The van der Waals surface area contributed by atoms with Crippen molar-refractivity contribution in [1.29, 1.82) is 0 Å². The van der Waals surface area contributed by atoms with Gasteiger partial charge < -0.3 is 0 Å². The average molecular weight is 214 g/mol. The van der Waals surface area contributed by atoms with Crippen LogP contribution in [-0.4, -0.2) is 21.9 Å². The van der Waals surface area contributed by atoms with Crippen molar-refractivity contribution < 1.29 is 13.6 Å². The number of H-pyrrole nitrogens is 1. The molecule has 1 aromatic heterocycles. The maximum absolute atomic E-state index is 12.9. The van der Waals surface area contributed by atoms with Crippen molar-refractivity contribution in [3.8, 4) is 0 Å². The Kier molecular flexibility index (Phi) is 2.54. The Morgan fingerprint density at radius 2 is 2.47 bits per heavy atom. The van der Waals surface area contributed by atoms with E-state index in [1.807, 2.05) is 0 Å². The van der Waals surface area contributed by atoms with Gasteiger partial charge in [0, 0.05) is 25.5 Å². The lowest BCUT2D eigenvalue weighted by Crippen LogP contribution is -2.11. The molecule has 0 amide bonds. The largest absolute Gasteiger partial charge is 0.294 e. The minimum absolute atomic E-state index is 0.0870. The number of nitrogens with zero attached hydrogens (tertiary/aromatic N) is 1. The zero-order chi connectivity index (χ0) is 10.9. The molecule has 0 aliphatic heterocycles. The predicted molar refractivity (Wildman–Crippen MR) is 49.8 cm³/mol. The van der Waals surface area contributed by atoms with Crippen LogP contribution >= 0.6 is 0 Å². The highest BCUT2D eigenvalue weighted by atomic mass is 19.3. The van der Waals surface area contributed by atoms with E-state index < -0.39 is 5.92 Å². The molecule has 1 atom stereocenters. The Labute approximate surface area is 85.9 Å². The fourth-order valence-corrected chi connectivity index (χ4v) is 2.00. The van der Waals surface area contributed by atoms with Gasteiger partial charge in [0.25, 0.3) is 0 Å². The second kappa shape index (κ2) is 3.72. The lowest BCUT2D eigenvalue weighted by molar-refractivity contribution is 0.00497. The van der Waals surface area contributed by atoms with Crippen molar-refractivity contribution in [3.05, 3.63) is 18.0 Å². The second-order valence-corrected chi connectivity index (χ2v) is 4.08.